The van der Waals surface area contributed by atoms with Crippen LogP contribution in [0.1, 0.15) is 56.2 Å². The van der Waals surface area contributed by atoms with Crippen molar-refractivity contribution in [2.24, 2.45) is 11.8 Å². The predicted molar refractivity (Wildman–Crippen MR) is 159 cm³/mol. The Hall–Kier alpha value is -3.72. The molecule has 3 N–H and O–H groups in total. The molecular weight excluding hydrogens is 520 g/mol. The summed E-state index contributed by atoms with van der Waals surface area (Å²) < 4.78 is 0. The number of nitrogens with one attached hydrogen (secondary N) is 2. The normalized spacial score (nSPS) is 18.5. The van der Waals surface area contributed by atoms with Crippen LogP contribution >= 0.6 is 0 Å². The molecule has 4 rings (SSSR count). The van der Waals surface area contributed by atoms with Gasteiger partial charge in [0.15, 0.2) is 0 Å². The minimum absolute atomic E-state index is 0.0218. The molecule has 0 spiro atoms. The van der Waals surface area contributed by atoms with Gasteiger partial charge in [-0.05, 0) is 74.5 Å². The molecule has 1 aliphatic heterocycles. The molecule has 2 aromatic carbocycles. The first-order valence-electron chi connectivity index (χ1n) is 14.5. The molecule has 1 fully saturated rings. The summed E-state index contributed by atoms with van der Waals surface area (Å²) in [5.41, 5.74) is 4.07. The van der Waals surface area contributed by atoms with Crippen LogP contribution in [-0.4, -0.2) is 71.8 Å². The van der Waals surface area contributed by atoms with E-state index in [1.165, 1.54) is 11.1 Å². The van der Waals surface area contributed by atoms with Gasteiger partial charge in [-0.2, -0.15) is 0 Å². The lowest BCUT2D eigenvalue weighted by Crippen LogP contribution is -2.66. The summed E-state index contributed by atoms with van der Waals surface area (Å²) in [5.74, 6) is -0.0230. The number of hydrogen-bond acceptors (Lipinski definition) is 5. The van der Waals surface area contributed by atoms with Crippen LogP contribution in [-0.2, 0) is 38.6 Å². The zero-order valence-corrected chi connectivity index (χ0v) is 24.6. The Kier molecular flexibility index (Phi) is 11.9. The molecule has 9 heteroatoms. The van der Waals surface area contributed by atoms with Crippen LogP contribution in [0.2, 0.25) is 0 Å². The summed E-state index contributed by atoms with van der Waals surface area (Å²) in [6.07, 6.45) is 4.39. The van der Waals surface area contributed by atoms with Gasteiger partial charge >= 0.3 is 0 Å². The molecule has 0 saturated carbocycles. The highest BCUT2D eigenvalue weighted by Crippen LogP contribution is 2.34. The molecule has 0 unspecified atom stereocenters. The van der Waals surface area contributed by atoms with E-state index in [0.29, 0.717) is 12.1 Å². The Morgan fingerprint density at radius 1 is 1.07 bits per heavy atom. The molecule has 2 atom stereocenters. The van der Waals surface area contributed by atoms with Crippen molar-refractivity contribution in [1.29, 1.82) is 0 Å². The highest BCUT2D eigenvalue weighted by molar-refractivity contribution is 5.98. The Balaban J connectivity index is 0.00000147. The second-order valence-electron chi connectivity index (χ2n) is 11.1. The first-order valence-corrected chi connectivity index (χ1v) is 14.5. The van der Waals surface area contributed by atoms with E-state index in [1.54, 1.807) is 4.90 Å². The smallest absolute Gasteiger partial charge is 0.290 e. The fraction of sp³-hybridized carbons (Fsp3) is 0.500. The van der Waals surface area contributed by atoms with Gasteiger partial charge in [-0.25, -0.2) is 0 Å². The quantitative estimate of drug-likeness (QED) is 0.358. The van der Waals surface area contributed by atoms with E-state index in [1.807, 2.05) is 50.5 Å². The number of hydrogen-bond donors (Lipinski definition) is 3. The Morgan fingerprint density at radius 2 is 1.66 bits per heavy atom. The topological polar surface area (TPSA) is 119 Å². The fourth-order valence-corrected chi connectivity index (χ4v) is 6.02. The van der Waals surface area contributed by atoms with Gasteiger partial charge in [0.2, 0.25) is 17.7 Å². The maximum absolute atomic E-state index is 14.1. The van der Waals surface area contributed by atoms with Crippen molar-refractivity contribution in [2.75, 3.05) is 26.0 Å². The summed E-state index contributed by atoms with van der Waals surface area (Å²) in [4.78, 5) is 52.6. The van der Waals surface area contributed by atoms with Crippen molar-refractivity contribution in [1.82, 2.24) is 15.1 Å². The van der Waals surface area contributed by atoms with E-state index in [-0.39, 0.29) is 42.6 Å². The van der Waals surface area contributed by atoms with Crippen LogP contribution in [0, 0.1) is 11.8 Å². The van der Waals surface area contributed by atoms with Gasteiger partial charge in [0.25, 0.3) is 6.47 Å². The number of anilines is 1. The van der Waals surface area contributed by atoms with Gasteiger partial charge in [0, 0.05) is 18.7 Å². The van der Waals surface area contributed by atoms with Gasteiger partial charge in [0.05, 0.1) is 0 Å². The van der Waals surface area contributed by atoms with Crippen molar-refractivity contribution >= 4 is 29.9 Å². The molecule has 0 aromatic heterocycles. The van der Waals surface area contributed by atoms with E-state index in [2.05, 4.69) is 41.5 Å². The van der Waals surface area contributed by atoms with Gasteiger partial charge in [-0.1, -0.05) is 69.2 Å². The van der Waals surface area contributed by atoms with Crippen molar-refractivity contribution in [3.05, 3.63) is 65.2 Å². The number of nitrogens with zero attached hydrogens (tertiary/aromatic N) is 2. The number of para-hydroxylation sites is 1. The van der Waals surface area contributed by atoms with E-state index in [0.717, 1.165) is 44.2 Å². The van der Waals surface area contributed by atoms with Crippen molar-refractivity contribution in [3.63, 3.8) is 0 Å². The number of fused-ring (bicyclic) bond motifs is 1. The molecular formula is C32H44N4O5. The number of benzene rings is 2. The first kappa shape index (κ1) is 31.8. The molecule has 3 amide bonds. The molecule has 2 aromatic rings. The lowest BCUT2D eigenvalue weighted by molar-refractivity contribution is -0.154. The average molecular weight is 565 g/mol. The third kappa shape index (κ3) is 8.16. The summed E-state index contributed by atoms with van der Waals surface area (Å²) >= 11 is 0. The molecule has 222 valence electrons. The Bertz CT molecular complexity index is 1170. The zero-order valence-electron chi connectivity index (χ0n) is 24.6. The molecule has 9 nitrogen and oxygen atoms in total. The number of carbonyl (C=O) groups excluding carboxylic acids is 3. The highest BCUT2D eigenvalue weighted by atomic mass is 16.3. The van der Waals surface area contributed by atoms with Crippen LogP contribution in [0.25, 0.3) is 0 Å². The largest absolute Gasteiger partial charge is 0.483 e. The average Bonchev–Trinajstić information content (AvgIpc) is 3.38. The summed E-state index contributed by atoms with van der Waals surface area (Å²) in [6.45, 7) is 5.03. The van der Waals surface area contributed by atoms with Gasteiger partial charge in [-0.15, -0.1) is 0 Å². The fourth-order valence-electron chi connectivity index (χ4n) is 6.02. The Labute approximate surface area is 243 Å². The maximum atomic E-state index is 14.1. The second kappa shape index (κ2) is 15.3. The van der Waals surface area contributed by atoms with E-state index in [9.17, 15) is 14.4 Å². The summed E-state index contributed by atoms with van der Waals surface area (Å²) in [5, 5.41) is 13.1. The van der Waals surface area contributed by atoms with Gasteiger partial charge in [0.1, 0.15) is 12.1 Å². The Morgan fingerprint density at radius 3 is 2.24 bits per heavy atom. The molecule has 0 radical (unpaired) electrons. The van der Waals surface area contributed by atoms with Crippen LogP contribution in [0.3, 0.4) is 0 Å². The standard InChI is InChI=1S/C31H42N4O3.CH2O2/c1-5-21(6-2)29-30(37)33-28(25-18-22-12-7-8-13-23(22)19-25)31(38)35(29)20-24-14-9-10-15-26(24)32-27(36)16-11-17-34(3)4;2-1-3/h7-10,12-15,21,25,28-29H,5-6,11,16-20H2,1-4H3,(H,32,36)(H,33,37);1H,(H,2,3)/t28-,29-;/m1./s1. The highest BCUT2D eigenvalue weighted by Gasteiger charge is 2.47. The molecule has 41 heavy (non-hydrogen) atoms. The third-order valence-electron chi connectivity index (χ3n) is 8.14. The molecule has 1 saturated heterocycles. The monoisotopic (exact) mass is 564 g/mol. The molecule has 1 aliphatic carbocycles. The minimum Gasteiger partial charge on any atom is -0.483 e. The number of amides is 3. The summed E-state index contributed by atoms with van der Waals surface area (Å²) in [6, 6.07) is 14.9. The molecule has 1 heterocycles. The second-order valence-corrected chi connectivity index (χ2v) is 11.1. The number of carboxylic acid groups (broad SMARTS) is 1. The number of piperazine rings is 1. The van der Waals surface area contributed by atoms with Crippen LogP contribution in [0.4, 0.5) is 5.69 Å². The lowest BCUT2D eigenvalue weighted by Gasteiger charge is -2.44. The van der Waals surface area contributed by atoms with Crippen molar-refractivity contribution in [2.45, 2.75) is 71.0 Å². The number of rotatable bonds is 11. The van der Waals surface area contributed by atoms with Crippen LogP contribution < -0.4 is 10.6 Å². The predicted octanol–water partition coefficient (Wildman–Crippen LogP) is 3.71. The minimum atomic E-state index is -0.548. The van der Waals surface area contributed by atoms with Gasteiger partial charge in [-0.3, -0.25) is 19.2 Å². The first-order chi connectivity index (χ1) is 19.7. The van der Waals surface area contributed by atoms with Crippen molar-refractivity contribution in [3.8, 4) is 0 Å². The van der Waals surface area contributed by atoms with Crippen LogP contribution in [0.5, 0.6) is 0 Å². The van der Waals surface area contributed by atoms with Gasteiger partial charge < -0.3 is 25.5 Å². The third-order valence-corrected chi connectivity index (χ3v) is 8.14. The van der Waals surface area contributed by atoms with E-state index < -0.39 is 12.1 Å². The maximum Gasteiger partial charge on any atom is 0.290 e. The lowest BCUT2D eigenvalue weighted by atomic mass is 9.86. The summed E-state index contributed by atoms with van der Waals surface area (Å²) in [7, 11) is 3.99. The number of carbonyl (C=O) groups is 4. The van der Waals surface area contributed by atoms with Crippen molar-refractivity contribution < 1.29 is 24.3 Å². The molecule has 2 aliphatic rings. The van der Waals surface area contributed by atoms with E-state index in [4.69, 9.17) is 9.90 Å². The molecule has 0 bridgehead atoms. The zero-order chi connectivity index (χ0) is 29.9. The SMILES string of the molecule is CCC(CC)[C@@H]1C(=O)N[C@H](C2Cc3ccccc3C2)C(=O)N1Cc1ccccc1NC(=O)CCCN(C)C.O=CO. The van der Waals surface area contributed by atoms with E-state index >= 15 is 0 Å². The van der Waals surface area contributed by atoms with Crippen LogP contribution in [0.15, 0.2) is 48.5 Å².